The molecule has 0 aliphatic carbocycles. The maximum Gasteiger partial charge on any atom is 0.251 e. The van der Waals surface area contributed by atoms with Gasteiger partial charge in [-0.25, -0.2) is 13.5 Å². The highest BCUT2D eigenvalue weighted by Crippen LogP contribution is 2.09. The molecule has 1 aromatic carbocycles. The van der Waals surface area contributed by atoms with Gasteiger partial charge in [0, 0.05) is 16.8 Å². The Morgan fingerprint density at radius 2 is 1.91 bits per heavy atom. The van der Waals surface area contributed by atoms with Crippen LogP contribution in [0.3, 0.4) is 0 Å². The first-order valence-corrected chi connectivity index (χ1v) is 8.49. The molecule has 0 atom stereocenters. The van der Waals surface area contributed by atoms with E-state index in [0.29, 0.717) is 10.6 Å². The first-order valence-electron chi connectivity index (χ1n) is 6.22. The number of amides is 2. The van der Waals surface area contributed by atoms with Crippen LogP contribution in [0, 0.1) is 0 Å². The van der Waals surface area contributed by atoms with Crippen LogP contribution in [0.4, 0.5) is 5.95 Å². The van der Waals surface area contributed by atoms with E-state index in [1.165, 1.54) is 12.1 Å². The Morgan fingerprint density at radius 1 is 1.26 bits per heavy atom. The predicted octanol–water partition coefficient (Wildman–Crippen LogP) is 0.230. The van der Waals surface area contributed by atoms with Crippen LogP contribution in [0.5, 0.6) is 0 Å². The zero-order chi connectivity index (χ0) is 17.0. The van der Waals surface area contributed by atoms with Crippen molar-refractivity contribution in [3.63, 3.8) is 0 Å². The standard InChI is InChI=1S/C12H12ClN5O4S/c1-23(21,22)12-16-11(17-18-12)15-9(19)6-14-10(20)7-2-4-8(13)5-3-7/h2-5H,6H2,1H3,(H,14,20)(H2,15,16,17,18,19). The molecule has 2 amide bonds. The summed E-state index contributed by atoms with van der Waals surface area (Å²) >= 11 is 5.71. The molecule has 23 heavy (non-hydrogen) atoms. The van der Waals surface area contributed by atoms with Gasteiger partial charge in [-0.2, -0.15) is 4.98 Å². The summed E-state index contributed by atoms with van der Waals surface area (Å²) in [6.07, 6.45) is 0.950. The third kappa shape index (κ3) is 4.76. The Kier molecular flexibility index (Phi) is 4.96. The molecule has 122 valence electrons. The molecule has 1 heterocycles. The molecule has 1 aromatic heterocycles. The van der Waals surface area contributed by atoms with Gasteiger partial charge < -0.3 is 5.32 Å². The molecule has 11 heteroatoms. The normalized spacial score (nSPS) is 11.0. The summed E-state index contributed by atoms with van der Waals surface area (Å²) in [4.78, 5) is 27.1. The molecule has 3 N–H and O–H groups in total. The Balaban J connectivity index is 1.89. The van der Waals surface area contributed by atoms with Gasteiger partial charge in [-0.3, -0.25) is 14.9 Å². The van der Waals surface area contributed by atoms with Crippen molar-refractivity contribution in [2.24, 2.45) is 0 Å². The van der Waals surface area contributed by atoms with E-state index in [4.69, 9.17) is 11.6 Å². The molecule has 9 nitrogen and oxygen atoms in total. The molecule has 2 rings (SSSR count). The van der Waals surface area contributed by atoms with Crippen LogP contribution < -0.4 is 10.6 Å². The fraction of sp³-hybridized carbons (Fsp3) is 0.167. The number of hydrogen-bond donors (Lipinski definition) is 3. The maximum absolute atomic E-state index is 11.8. The van der Waals surface area contributed by atoms with Crippen molar-refractivity contribution in [3.8, 4) is 0 Å². The number of anilines is 1. The lowest BCUT2D eigenvalue weighted by molar-refractivity contribution is -0.115. The molecule has 0 saturated heterocycles. The highest BCUT2D eigenvalue weighted by Gasteiger charge is 2.15. The lowest BCUT2D eigenvalue weighted by Gasteiger charge is -2.04. The van der Waals surface area contributed by atoms with Crippen molar-refractivity contribution < 1.29 is 18.0 Å². The van der Waals surface area contributed by atoms with Crippen LogP contribution in [0.1, 0.15) is 10.4 Å². The molecule has 0 saturated carbocycles. The van der Waals surface area contributed by atoms with Crippen LogP contribution >= 0.6 is 11.6 Å². The average Bonchev–Trinajstić information content (AvgIpc) is 2.94. The lowest BCUT2D eigenvalue weighted by atomic mass is 10.2. The van der Waals surface area contributed by atoms with Crippen molar-refractivity contribution >= 4 is 39.2 Å². The van der Waals surface area contributed by atoms with Gasteiger partial charge in [0.05, 0.1) is 6.54 Å². The monoisotopic (exact) mass is 357 g/mol. The number of hydrogen-bond acceptors (Lipinski definition) is 6. The minimum absolute atomic E-state index is 0.198. The second kappa shape index (κ2) is 6.75. The van der Waals surface area contributed by atoms with Gasteiger partial charge in [-0.1, -0.05) is 11.6 Å². The molecule has 0 radical (unpaired) electrons. The number of aromatic amines is 1. The van der Waals surface area contributed by atoms with Crippen LogP contribution in [0.2, 0.25) is 5.02 Å². The largest absolute Gasteiger partial charge is 0.343 e. The van der Waals surface area contributed by atoms with Crippen molar-refractivity contribution in [2.75, 3.05) is 18.1 Å². The number of sulfone groups is 1. The van der Waals surface area contributed by atoms with E-state index in [-0.39, 0.29) is 17.6 Å². The van der Waals surface area contributed by atoms with Gasteiger partial charge in [0.1, 0.15) is 0 Å². The van der Waals surface area contributed by atoms with E-state index < -0.39 is 21.7 Å². The third-order valence-electron chi connectivity index (χ3n) is 2.58. The number of aromatic nitrogens is 3. The average molecular weight is 358 g/mol. The molecule has 0 fully saturated rings. The number of nitrogens with zero attached hydrogens (tertiary/aromatic N) is 2. The summed E-state index contributed by atoms with van der Waals surface area (Å²) in [5, 5.41) is 10.5. The van der Waals surface area contributed by atoms with Gasteiger partial charge in [-0.05, 0) is 24.3 Å². The topological polar surface area (TPSA) is 134 Å². The molecule has 0 aliphatic rings. The number of carbonyl (C=O) groups is 2. The van der Waals surface area contributed by atoms with Crippen molar-refractivity contribution in [3.05, 3.63) is 34.9 Å². The van der Waals surface area contributed by atoms with Gasteiger partial charge in [0.15, 0.2) is 0 Å². The number of carbonyl (C=O) groups excluding carboxylic acids is 2. The molecule has 0 unspecified atom stereocenters. The van der Waals surface area contributed by atoms with Crippen molar-refractivity contribution in [2.45, 2.75) is 5.16 Å². The van der Waals surface area contributed by atoms with Gasteiger partial charge in [-0.15, -0.1) is 5.10 Å². The molecule has 0 spiro atoms. The van der Waals surface area contributed by atoms with Crippen LogP contribution in [-0.2, 0) is 14.6 Å². The fourth-order valence-corrected chi connectivity index (χ4v) is 2.09. The minimum Gasteiger partial charge on any atom is -0.343 e. The van der Waals surface area contributed by atoms with E-state index in [0.717, 1.165) is 6.26 Å². The maximum atomic E-state index is 11.8. The fourth-order valence-electron chi connectivity index (χ4n) is 1.50. The van der Waals surface area contributed by atoms with Crippen LogP contribution in [-0.4, -0.2) is 48.2 Å². The van der Waals surface area contributed by atoms with Crippen molar-refractivity contribution in [1.82, 2.24) is 20.5 Å². The number of H-pyrrole nitrogens is 1. The van der Waals surface area contributed by atoms with E-state index in [2.05, 4.69) is 25.8 Å². The molecular formula is C12H12ClN5O4S. The summed E-state index contributed by atoms with van der Waals surface area (Å²) < 4.78 is 22.4. The highest BCUT2D eigenvalue weighted by molar-refractivity contribution is 7.90. The number of nitrogens with one attached hydrogen (secondary N) is 3. The third-order valence-corrected chi connectivity index (χ3v) is 3.72. The molecule has 0 aliphatic heterocycles. The zero-order valence-corrected chi connectivity index (χ0v) is 13.4. The first-order chi connectivity index (χ1) is 10.8. The van der Waals surface area contributed by atoms with E-state index in [1.54, 1.807) is 12.1 Å². The predicted molar refractivity (Wildman–Crippen MR) is 81.9 cm³/mol. The summed E-state index contributed by atoms with van der Waals surface area (Å²) in [5.41, 5.74) is 0.347. The Hall–Kier alpha value is -2.46. The Morgan fingerprint density at radius 3 is 2.48 bits per heavy atom. The summed E-state index contributed by atoms with van der Waals surface area (Å²) in [7, 11) is -3.54. The lowest BCUT2D eigenvalue weighted by Crippen LogP contribution is -2.33. The molecule has 2 aromatic rings. The first kappa shape index (κ1) is 16.9. The number of rotatable bonds is 5. The van der Waals surface area contributed by atoms with Crippen LogP contribution in [0.15, 0.2) is 29.4 Å². The minimum atomic E-state index is -3.54. The van der Waals surface area contributed by atoms with Gasteiger partial charge in [0.2, 0.25) is 26.8 Å². The summed E-state index contributed by atoms with van der Waals surface area (Å²) in [6, 6.07) is 6.14. The smallest absolute Gasteiger partial charge is 0.251 e. The zero-order valence-electron chi connectivity index (χ0n) is 11.8. The number of halogens is 1. The summed E-state index contributed by atoms with van der Waals surface area (Å²) in [6.45, 7) is -0.329. The molecule has 0 bridgehead atoms. The quantitative estimate of drug-likeness (QED) is 0.701. The number of benzene rings is 1. The van der Waals surface area contributed by atoms with Crippen molar-refractivity contribution in [1.29, 1.82) is 0 Å². The van der Waals surface area contributed by atoms with Crippen LogP contribution in [0.25, 0.3) is 0 Å². The second-order valence-corrected chi connectivity index (χ2v) is 6.84. The van der Waals surface area contributed by atoms with Gasteiger partial charge in [0.25, 0.3) is 5.91 Å². The van der Waals surface area contributed by atoms with E-state index >= 15 is 0 Å². The highest BCUT2D eigenvalue weighted by atomic mass is 35.5. The van der Waals surface area contributed by atoms with Gasteiger partial charge >= 0.3 is 0 Å². The van der Waals surface area contributed by atoms with E-state index in [1.807, 2.05) is 0 Å². The summed E-state index contributed by atoms with van der Waals surface area (Å²) in [5.74, 6) is -1.26. The Labute approximate surface area is 136 Å². The van der Waals surface area contributed by atoms with E-state index in [9.17, 15) is 18.0 Å². The Bertz CT molecular complexity index is 831. The SMILES string of the molecule is CS(=O)(=O)c1nc(NC(=O)CNC(=O)c2ccc(Cl)cc2)n[nH]1. The molecular weight excluding hydrogens is 346 g/mol. The second-order valence-electron chi connectivity index (χ2n) is 4.47.